The molecule has 0 aromatic heterocycles. The van der Waals surface area contributed by atoms with Crippen LogP contribution < -0.4 is 5.32 Å². The molecule has 0 bridgehead atoms. The molecule has 3 aliphatic rings. The number of hydrogen-bond donors (Lipinski definition) is 1. The molecule has 3 saturated heterocycles. The van der Waals surface area contributed by atoms with Crippen LogP contribution in [0, 0.1) is 11.8 Å². The second kappa shape index (κ2) is 7.57. The van der Waals surface area contributed by atoms with Crippen molar-refractivity contribution < 1.29 is 13.2 Å². The van der Waals surface area contributed by atoms with Crippen LogP contribution in [0.15, 0.2) is 0 Å². The molecule has 1 atom stereocenters. The highest BCUT2D eigenvalue weighted by Gasteiger charge is 2.35. The van der Waals surface area contributed by atoms with Crippen LogP contribution >= 0.6 is 0 Å². The number of piperazine rings is 1. The van der Waals surface area contributed by atoms with Gasteiger partial charge in [-0.15, -0.1) is 0 Å². The molecular formula is C15H29N3O3S. The van der Waals surface area contributed by atoms with Crippen molar-refractivity contribution in [2.24, 2.45) is 11.8 Å². The van der Waals surface area contributed by atoms with Crippen molar-refractivity contribution in [3.8, 4) is 0 Å². The number of rotatable bonds is 3. The maximum absolute atomic E-state index is 12.9. The van der Waals surface area contributed by atoms with Crippen LogP contribution in [0.4, 0.5) is 0 Å². The third kappa shape index (κ3) is 3.82. The Labute approximate surface area is 134 Å². The summed E-state index contributed by atoms with van der Waals surface area (Å²) in [5.41, 5.74) is 0. The van der Waals surface area contributed by atoms with Gasteiger partial charge in [-0.3, -0.25) is 0 Å². The van der Waals surface area contributed by atoms with E-state index in [1.165, 1.54) is 0 Å². The maximum Gasteiger partial charge on any atom is 0.282 e. The number of ether oxygens (including phenoxy) is 1. The van der Waals surface area contributed by atoms with E-state index in [-0.39, 0.29) is 0 Å². The molecule has 0 aromatic rings. The summed E-state index contributed by atoms with van der Waals surface area (Å²) in [6.45, 7) is 5.79. The first-order valence-electron chi connectivity index (χ1n) is 8.71. The van der Waals surface area contributed by atoms with Gasteiger partial charge >= 0.3 is 0 Å². The topological polar surface area (TPSA) is 61.9 Å². The minimum atomic E-state index is -3.28. The van der Waals surface area contributed by atoms with Crippen molar-refractivity contribution in [3.63, 3.8) is 0 Å². The zero-order valence-electron chi connectivity index (χ0n) is 13.4. The lowest BCUT2D eigenvalue weighted by atomic mass is 9.83. The fourth-order valence-electron chi connectivity index (χ4n) is 3.96. The Morgan fingerprint density at radius 2 is 1.59 bits per heavy atom. The van der Waals surface area contributed by atoms with Crippen LogP contribution in [0.3, 0.4) is 0 Å². The van der Waals surface area contributed by atoms with Crippen LogP contribution in [-0.2, 0) is 14.9 Å². The van der Waals surface area contributed by atoms with Crippen molar-refractivity contribution in [1.82, 2.24) is 13.9 Å². The summed E-state index contributed by atoms with van der Waals surface area (Å²) < 4.78 is 34.7. The van der Waals surface area contributed by atoms with Gasteiger partial charge in [0, 0.05) is 52.5 Å². The van der Waals surface area contributed by atoms with Crippen LogP contribution in [0.25, 0.3) is 0 Å². The molecule has 0 aromatic carbocycles. The maximum atomic E-state index is 12.9. The molecule has 22 heavy (non-hydrogen) atoms. The molecule has 1 N–H and O–H groups in total. The highest BCUT2D eigenvalue weighted by molar-refractivity contribution is 7.86. The molecule has 3 aliphatic heterocycles. The molecule has 128 valence electrons. The Hall–Kier alpha value is -0.210. The number of hydrogen-bond acceptors (Lipinski definition) is 4. The van der Waals surface area contributed by atoms with Gasteiger partial charge in [0.2, 0.25) is 0 Å². The first-order chi connectivity index (χ1) is 10.7. The molecule has 7 heteroatoms. The van der Waals surface area contributed by atoms with Crippen molar-refractivity contribution in [3.05, 3.63) is 0 Å². The van der Waals surface area contributed by atoms with E-state index >= 15 is 0 Å². The van der Waals surface area contributed by atoms with E-state index in [1.54, 1.807) is 8.61 Å². The Kier molecular flexibility index (Phi) is 5.73. The van der Waals surface area contributed by atoms with Crippen LogP contribution in [0.2, 0.25) is 0 Å². The number of nitrogens with one attached hydrogen (secondary N) is 1. The summed E-state index contributed by atoms with van der Waals surface area (Å²) in [6, 6.07) is 0. The fourth-order valence-corrected chi connectivity index (χ4v) is 5.67. The smallest absolute Gasteiger partial charge is 0.282 e. The Balaban J connectivity index is 1.68. The first-order valence-corrected chi connectivity index (χ1v) is 10.1. The van der Waals surface area contributed by atoms with Gasteiger partial charge in [-0.25, -0.2) is 0 Å². The summed E-state index contributed by atoms with van der Waals surface area (Å²) in [6.07, 6.45) is 5.48. The SMILES string of the molecule is O=S(=O)(N1CCNCC1)N1CCCCC(C2CCOCC2)C1. The molecule has 0 spiro atoms. The third-order valence-corrected chi connectivity index (χ3v) is 7.33. The van der Waals surface area contributed by atoms with Crippen molar-refractivity contribution in [2.75, 3.05) is 52.5 Å². The van der Waals surface area contributed by atoms with Crippen LogP contribution in [-0.4, -0.2) is 69.5 Å². The predicted molar refractivity (Wildman–Crippen MR) is 85.8 cm³/mol. The van der Waals surface area contributed by atoms with Gasteiger partial charge in [0.1, 0.15) is 0 Å². The highest BCUT2D eigenvalue weighted by Crippen LogP contribution is 2.31. The molecule has 6 nitrogen and oxygen atoms in total. The predicted octanol–water partition coefficient (Wildman–Crippen LogP) is 0.665. The van der Waals surface area contributed by atoms with E-state index in [0.29, 0.717) is 38.0 Å². The van der Waals surface area contributed by atoms with E-state index in [9.17, 15) is 8.42 Å². The lowest BCUT2D eigenvalue weighted by Crippen LogP contribution is -2.52. The second-order valence-electron chi connectivity index (χ2n) is 6.72. The molecular weight excluding hydrogens is 302 g/mol. The van der Waals surface area contributed by atoms with Gasteiger partial charge in [0.25, 0.3) is 10.2 Å². The molecule has 0 aliphatic carbocycles. The molecule has 3 rings (SSSR count). The van der Waals surface area contributed by atoms with E-state index in [0.717, 1.165) is 58.4 Å². The minimum absolute atomic E-state index is 0.504. The van der Waals surface area contributed by atoms with E-state index in [1.807, 2.05) is 0 Å². The lowest BCUT2D eigenvalue weighted by molar-refractivity contribution is 0.0428. The van der Waals surface area contributed by atoms with Crippen molar-refractivity contribution >= 4 is 10.2 Å². The normalized spacial score (nSPS) is 31.0. The molecule has 3 heterocycles. The van der Waals surface area contributed by atoms with Crippen molar-refractivity contribution in [2.45, 2.75) is 32.1 Å². The third-order valence-electron chi connectivity index (χ3n) is 5.33. The van der Waals surface area contributed by atoms with Gasteiger partial charge in [0.15, 0.2) is 0 Å². The van der Waals surface area contributed by atoms with E-state index < -0.39 is 10.2 Å². The monoisotopic (exact) mass is 331 g/mol. The molecule has 0 amide bonds. The largest absolute Gasteiger partial charge is 0.381 e. The average Bonchev–Trinajstić information content (AvgIpc) is 2.83. The second-order valence-corrected chi connectivity index (χ2v) is 8.65. The van der Waals surface area contributed by atoms with Gasteiger partial charge in [-0.1, -0.05) is 6.42 Å². The standard InChI is InChI=1S/C15H29N3O3S/c19-22(20,17-9-6-16-7-10-17)18-8-2-1-3-15(13-18)14-4-11-21-12-5-14/h14-16H,1-13H2. The lowest BCUT2D eigenvalue weighted by Gasteiger charge is -2.35. The number of nitrogens with zero attached hydrogens (tertiary/aromatic N) is 2. The molecule has 0 radical (unpaired) electrons. The van der Waals surface area contributed by atoms with E-state index in [2.05, 4.69) is 5.32 Å². The highest BCUT2D eigenvalue weighted by atomic mass is 32.2. The summed E-state index contributed by atoms with van der Waals surface area (Å²) in [4.78, 5) is 0. The van der Waals surface area contributed by atoms with Gasteiger partial charge in [-0.05, 0) is 37.5 Å². The quantitative estimate of drug-likeness (QED) is 0.825. The summed E-state index contributed by atoms with van der Waals surface area (Å²) in [5.74, 6) is 1.14. The average molecular weight is 331 g/mol. The van der Waals surface area contributed by atoms with Gasteiger partial charge < -0.3 is 10.1 Å². The van der Waals surface area contributed by atoms with Gasteiger partial charge in [0.05, 0.1) is 0 Å². The zero-order valence-corrected chi connectivity index (χ0v) is 14.2. The summed E-state index contributed by atoms with van der Waals surface area (Å²) >= 11 is 0. The van der Waals surface area contributed by atoms with Crippen LogP contribution in [0.1, 0.15) is 32.1 Å². The van der Waals surface area contributed by atoms with E-state index in [4.69, 9.17) is 4.74 Å². The Morgan fingerprint density at radius 3 is 2.32 bits per heavy atom. The molecule has 3 fully saturated rings. The zero-order chi connectivity index (χ0) is 15.4. The van der Waals surface area contributed by atoms with Crippen LogP contribution in [0.5, 0.6) is 0 Å². The Bertz CT molecular complexity index is 445. The first kappa shape index (κ1) is 16.6. The summed E-state index contributed by atoms with van der Waals surface area (Å²) in [5, 5.41) is 3.22. The summed E-state index contributed by atoms with van der Waals surface area (Å²) in [7, 11) is -3.28. The Morgan fingerprint density at radius 1 is 0.864 bits per heavy atom. The van der Waals surface area contributed by atoms with Crippen molar-refractivity contribution in [1.29, 1.82) is 0 Å². The van der Waals surface area contributed by atoms with Gasteiger partial charge in [-0.2, -0.15) is 17.0 Å². The fraction of sp³-hybridized carbons (Fsp3) is 1.00. The minimum Gasteiger partial charge on any atom is -0.381 e. The molecule has 1 unspecified atom stereocenters. The molecule has 0 saturated carbocycles.